The van der Waals surface area contributed by atoms with E-state index in [-0.39, 0.29) is 5.15 Å². The molecular weight excluding hydrogens is 299 g/mol. The van der Waals surface area contributed by atoms with Gasteiger partial charge in [0.05, 0.1) is 22.7 Å². The molecular formula is C14H10Cl2N2O2. The van der Waals surface area contributed by atoms with Crippen LogP contribution >= 0.6 is 23.2 Å². The monoisotopic (exact) mass is 308 g/mol. The van der Waals surface area contributed by atoms with Gasteiger partial charge in [0.2, 0.25) is 6.41 Å². The summed E-state index contributed by atoms with van der Waals surface area (Å²) < 4.78 is 0. The van der Waals surface area contributed by atoms with Crippen molar-refractivity contribution < 1.29 is 9.90 Å². The van der Waals surface area contributed by atoms with Crippen LogP contribution in [0.25, 0.3) is 11.8 Å². The number of pyridine rings is 1. The summed E-state index contributed by atoms with van der Waals surface area (Å²) >= 11 is 12.4. The van der Waals surface area contributed by atoms with Gasteiger partial charge in [0.25, 0.3) is 0 Å². The first kappa shape index (κ1) is 13.2. The number of aromatic nitrogens is 1. The van der Waals surface area contributed by atoms with Gasteiger partial charge in [0, 0.05) is 22.6 Å². The fourth-order valence-electron chi connectivity index (χ4n) is 2.41. The Morgan fingerprint density at radius 2 is 2.30 bits per heavy atom. The molecule has 0 aromatic carbocycles. The van der Waals surface area contributed by atoms with Crippen molar-refractivity contribution >= 4 is 41.4 Å². The summed E-state index contributed by atoms with van der Waals surface area (Å²) in [7, 11) is 0. The molecule has 2 aliphatic rings. The van der Waals surface area contributed by atoms with Crippen molar-refractivity contribution in [3.8, 4) is 0 Å². The Kier molecular flexibility index (Phi) is 3.28. The van der Waals surface area contributed by atoms with Gasteiger partial charge in [-0.3, -0.25) is 9.69 Å². The zero-order valence-electron chi connectivity index (χ0n) is 10.3. The minimum absolute atomic E-state index is 0.205. The summed E-state index contributed by atoms with van der Waals surface area (Å²) in [6.45, 7) is 0. The molecule has 0 saturated carbocycles. The van der Waals surface area contributed by atoms with Gasteiger partial charge < -0.3 is 5.11 Å². The van der Waals surface area contributed by atoms with E-state index in [1.54, 1.807) is 18.3 Å². The molecule has 1 atom stereocenters. The van der Waals surface area contributed by atoms with Crippen molar-refractivity contribution in [3.63, 3.8) is 0 Å². The molecule has 1 amide bonds. The minimum atomic E-state index is -0.429. The molecule has 4 nitrogen and oxygen atoms in total. The summed E-state index contributed by atoms with van der Waals surface area (Å²) in [5.74, 6) is 0. The summed E-state index contributed by atoms with van der Waals surface area (Å²) in [4.78, 5) is 16.9. The predicted molar refractivity (Wildman–Crippen MR) is 77.3 cm³/mol. The maximum Gasteiger partial charge on any atom is 0.218 e. The Balaban J connectivity index is 2.36. The van der Waals surface area contributed by atoms with Crippen LogP contribution in [0.15, 0.2) is 30.1 Å². The van der Waals surface area contributed by atoms with Crippen molar-refractivity contribution in [2.24, 2.45) is 0 Å². The van der Waals surface area contributed by atoms with Gasteiger partial charge in [-0.1, -0.05) is 17.7 Å². The van der Waals surface area contributed by atoms with Crippen LogP contribution in [0.3, 0.4) is 0 Å². The molecule has 1 aliphatic carbocycles. The van der Waals surface area contributed by atoms with Gasteiger partial charge >= 0.3 is 0 Å². The van der Waals surface area contributed by atoms with E-state index in [9.17, 15) is 4.79 Å². The van der Waals surface area contributed by atoms with Crippen molar-refractivity contribution in [3.05, 3.63) is 51.4 Å². The molecule has 3 rings (SSSR count). The SMILES string of the molecule is O=CN1C=CCC2=c3nc(Cl)c(=CO)cc3C(Cl)C=C21. The van der Waals surface area contributed by atoms with Crippen LogP contribution in [-0.4, -0.2) is 21.4 Å². The first-order valence-electron chi connectivity index (χ1n) is 5.96. The Labute approximate surface area is 124 Å². The fourth-order valence-corrected chi connectivity index (χ4v) is 2.89. The number of allylic oxidation sites excluding steroid dienone is 3. The molecule has 0 radical (unpaired) electrons. The average Bonchev–Trinajstić information content (AvgIpc) is 2.46. The minimum Gasteiger partial charge on any atom is -0.515 e. The van der Waals surface area contributed by atoms with Crippen molar-refractivity contribution in [1.29, 1.82) is 0 Å². The maximum absolute atomic E-state index is 11.1. The van der Waals surface area contributed by atoms with E-state index in [4.69, 9.17) is 28.3 Å². The number of aliphatic hydroxyl groups is 1. The highest BCUT2D eigenvalue weighted by molar-refractivity contribution is 6.29. The second-order valence-corrected chi connectivity index (χ2v) is 5.30. The number of carbonyl (C=O) groups is 1. The van der Waals surface area contributed by atoms with Crippen molar-refractivity contribution in [2.75, 3.05) is 0 Å². The van der Waals surface area contributed by atoms with E-state index in [0.717, 1.165) is 29.5 Å². The zero-order valence-corrected chi connectivity index (χ0v) is 11.8. The first-order chi connectivity index (χ1) is 9.65. The largest absolute Gasteiger partial charge is 0.515 e. The molecule has 0 bridgehead atoms. The van der Waals surface area contributed by atoms with E-state index in [2.05, 4.69) is 4.98 Å². The van der Waals surface area contributed by atoms with E-state index in [1.165, 1.54) is 4.90 Å². The van der Waals surface area contributed by atoms with E-state index >= 15 is 0 Å². The highest BCUT2D eigenvalue weighted by atomic mass is 35.5. The topological polar surface area (TPSA) is 53.4 Å². The van der Waals surface area contributed by atoms with Gasteiger partial charge in [-0.25, -0.2) is 4.98 Å². The van der Waals surface area contributed by atoms with Crippen LogP contribution in [0.5, 0.6) is 0 Å². The molecule has 1 aliphatic heterocycles. The Bertz CT molecular complexity index is 768. The average molecular weight is 309 g/mol. The van der Waals surface area contributed by atoms with Crippen LogP contribution in [0.2, 0.25) is 5.15 Å². The Morgan fingerprint density at radius 3 is 3.00 bits per heavy atom. The lowest BCUT2D eigenvalue weighted by Crippen LogP contribution is -2.32. The standard InChI is InChI=1S/C14H10Cl2N2O2/c15-11-5-12-9(2-1-3-18(12)7-20)13-10(11)4-8(6-19)14(16)17-13/h1,3-7,11,19H,2H2. The summed E-state index contributed by atoms with van der Waals surface area (Å²) in [6.07, 6.45) is 7.66. The fraction of sp³-hybridized carbons (Fsp3) is 0.143. The lowest BCUT2D eigenvalue weighted by molar-refractivity contribution is -0.114. The second kappa shape index (κ2) is 4.96. The molecule has 1 unspecified atom stereocenters. The third-order valence-electron chi connectivity index (χ3n) is 3.35. The highest BCUT2D eigenvalue weighted by Gasteiger charge is 2.25. The number of fused-ring (bicyclic) bond motifs is 2. The third kappa shape index (κ3) is 1.92. The van der Waals surface area contributed by atoms with Gasteiger partial charge in [0.15, 0.2) is 0 Å². The number of halogens is 2. The number of hydrogen-bond acceptors (Lipinski definition) is 3. The summed E-state index contributed by atoms with van der Waals surface area (Å²) in [6, 6.07) is 1.71. The summed E-state index contributed by atoms with van der Waals surface area (Å²) in [5, 5.41) is 10.0. The normalized spacial score (nSPS) is 21.4. The smallest absolute Gasteiger partial charge is 0.218 e. The lowest BCUT2D eigenvalue weighted by Gasteiger charge is -2.27. The second-order valence-electron chi connectivity index (χ2n) is 4.47. The van der Waals surface area contributed by atoms with Gasteiger partial charge in [-0.2, -0.15) is 0 Å². The molecule has 1 aromatic heterocycles. The lowest BCUT2D eigenvalue weighted by atomic mass is 9.94. The number of hydrogen-bond donors (Lipinski definition) is 1. The Morgan fingerprint density at radius 1 is 1.50 bits per heavy atom. The first-order valence-corrected chi connectivity index (χ1v) is 6.77. The molecule has 20 heavy (non-hydrogen) atoms. The predicted octanol–water partition coefficient (Wildman–Crippen LogP) is 1.73. The quantitative estimate of drug-likeness (QED) is 0.488. The molecule has 0 fully saturated rings. The molecule has 102 valence electrons. The third-order valence-corrected chi connectivity index (χ3v) is 4.01. The molecule has 1 N–H and O–H groups in total. The van der Waals surface area contributed by atoms with E-state index < -0.39 is 5.38 Å². The summed E-state index contributed by atoms with van der Waals surface area (Å²) in [5.41, 5.74) is 2.41. The zero-order chi connectivity index (χ0) is 14.3. The van der Waals surface area contributed by atoms with Crippen LogP contribution in [0.1, 0.15) is 17.4 Å². The van der Waals surface area contributed by atoms with E-state index in [0.29, 0.717) is 17.0 Å². The molecule has 1 aromatic rings. The number of rotatable bonds is 1. The van der Waals surface area contributed by atoms with Gasteiger partial charge in [-0.15, -0.1) is 11.6 Å². The van der Waals surface area contributed by atoms with Crippen LogP contribution in [0, 0.1) is 0 Å². The van der Waals surface area contributed by atoms with Crippen LogP contribution in [-0.2, 0) is 4.79 Å². The van der Waals surface area contributed by atoms with Crippen LogP contribution in [0.4, 0.5) is 0 Å². The van der Waals surface area contributed by atoms with E-state index in [1.807, 2.05) is 6.08 Å². The highest BCUT2D eigenvalue weighted by Crippen LogP contribution is 2.33. The maximum atomic E-state index is 11.1. The van der Waals surface area contributed by atoms with Crippen molar-refractivity contribution in [1.82, 2.24) is 9.88 Å². The number of carbonyl (C=O) groups excluding carboxylic acids is 1. The van der Waals surface area contributed by atoms with Crippen molar-refractivity contribution in [2.45, 2.75) is 11.8 Å². The number of aliphatic hydroxyl groups excluding tert-OH is 1. The number of amides is 1. The number of nitrogens with zero attached hydrogens (tertiary/aromatic N) is 2. The molecule has 0 saturated heterocycles. The van der Waals surface area contributed by atoms with Gasteiger partial charge in [0.1, 0.15) is 5.15 Å². The van der Waals surface area contributed by atoms with Crippen LogP contribution < -0.4 is 10.6 Å². The molecule has 0 spiro atoms. The molecule has 2 heterocycles. The Hall–Kier alpha value is -1.78. The molecule has 6 heteroatoms. The number of alkyl halides is 1. The van der Waals surface area contributed by atoms with Gasteiger partial charge in [-0.05, 0) is 18.6 Å².